The second-order valence-electron chi connectivity index (χ2n) is 5.77. The molecule has 1 aliphatic heterocycles. The van der Waals surface area contributed by atoms with Crippen LogP contribution in [0.4, 0.5) is 0 Å². The highest BCUT2D eigenvalue weighted by molar-refractivity contribution is 14.0. The number of hydrogen-bond acceptors (Lipinski definition) is 5. The van der Waals surface area contributed by atoms with Crippen molar-refractivity contribution in [3.63, 3.8) is 0 Å². The Hall–Kier alpha value is -1.33. The lowest BCUT2D eigenvalue weighted by Gasteiger charge is -2.13. The van der Waals surface area contributed by atoms with E-state index in [0.717, 1.165) is 38.2 Å². The monoisotopic (exact) mass is 480 g/mol. The summed E-state index contributed by atoms with van der Waals surface area (Å²) in [5.74, 6) is 1.19. The number of nitrogens with zero attached hydrogens (tertiary/aromatic N) is 1. The van der Waals surface area contributed by atoms with Crippen molar-refractivity contribution < 1.29 is 18.7 Å². The molecule has 1 aliphatic rings. The van der Waals surface area contributed by atoms with Gasteiger partial charge in [-0.3, -0.25) is 9.79 Å². The fourth-order valence-electron chi connectivity index (χ4n) is 2.42. The molecule has 1 saturated heterocycles. The van der Waals surface area contributed by atoms with Gasteiger partial charge in [-0.05, 0) is 31.4 Å². The molecule has 26 heavy (non-hydrogen) atoms. The summed E-state index contributed by atoms with van der Waals surface area (Å²) < 4.78 is 16.3. The zero-order chi connectivity index (χ0) is 17.7. The van der Waals surface area contributed by atoms with Crippen LogP contribution >= 0.6 is 24.0 Å². The smallest absolute Gasteiger partial charge is 0.239 e. The van der Waals surface area contributed by atoms with E-state index in [0.29, 0.717) is 25.7 Å². The molecule has 1 fully saturated rings. The van der Waals surface area contributed by atoms with E-state index in [1.807, 2.05) is 6.07 Å². The van der Waals surface area contributed by atoms with Crippen LogP contribution in [-0.4, -0.2) is 57.9 Å². The Bertz CT molecular complexity index is 519. The lowest BCUT2D eigenvalue weighted by atomic mass is 10.2. The zero-order valence-electron chi connectivity index (χ0n) is 15.2. The Morgan fingerprint density at radius 2 is 2.27 bits per heavy atom. The highest BCUT2D eigenvalue weighted by Crippen LogP contribution is 2.11. The Morgan fingerprint density at radius 3 is 2.96 bits per heavy atom. The van der Waals surface area contributed by atoms with Gasteiger partial charge in [-0.25, -0.2) is 0 Å². The van der Waals surface area contributed by atoms with Crippen LogP contribution in [0.2, 0.25) is 0 Å². The Morgan fingerprint density at radius 1 is 1.38 bits per heavy atom. The van der Waals surface area contributed by atoms with E-state index in [1.165, 1.54) is 0 Å². The first-order valence-corrected chi connectivity index (χ1v) is 8.71. The molecule has 8 nitrogen and oxygen atoms in total. The van der Waals surface area contributed by atoms with Crippen LogP contribution in [0.3, 0.4) is 0 Å². The molecular weight excluding hydrogens is 451 g/mol. The lowest BCUT2D eigenvalue weighted by Crippen LogP contribution is -2.43. The number of amides is 1. The second kappa shape index (κ2) is 13.8. The third-order valence-electron chi connectivity index (χ3n) is 3.77. The predicted molar refractivity (Wildman–Crippen MR) is 110 cm³/mol. The van der Waals surface area contributed by atoms with Crippen LogP contribution < -0.4 is 16.0 Å². The molecule has 1 atom stereocenters. The molecule has 1 amide bonds. The topological polar surface area (TPSA) is 97.1 Å². The molecule has 0 radical (unpaired) electrons. The van der Waals surface area contributed by atoms with E-state index in [4.69, 9.17) is 13.9 Å². The molecule has 0 aliphatic carbocycles. The molecule has 2 rings (SSSR count). The number of guanidine groups is 1. The standard InChI is InChI=1S/C17H28N4O4.HI/c1-18-17(19-7-4-8-23-13-15-6-3-10-25-15)21-12-16(22)20-11-14-5-2-9-24-14;/h2,5,9,15H,3-4,6-8,10-13H2,1H3,(H,20,22)(H2,18,19,21);1H. The number of furan rings is 1. The summed E-state index contributed by atoms with van der Waals surface area (Å²) in [4.78, 5) is 15.9. The molecule has 0 saturated carbocycles. The Kier molecular flexibility index (Phi) is 12.1. The van der Waals surface area contributed by atoms with Crippen molar-refractivity contribution in [2.24, 2.45) is 4.99 Å². The van der Waals surface area contributed by atoms with Crippen molar-refractivity contribution in [2.45, 2.75) is 31.9 Å². The molecule has 148 valence electrons. The van der Waals surface area contributed by atoms with E-state index in [1.54, 1.807) is 19.4 Å². The van der Waals surface area contributed by atoms with Gasteiger partial charge in [0.15, 0.2) is 5.96 Å². The van der Waals surface area contributed by atoms with Crippen molar-refractivity contribution >= 4 is 35.8 Å². The summed E-state index contributed by atoms with van der Waals surface area (Å²) >= 11 is 0. The molecule has 0 aromatic carbocycles. The van der Waals surface area contributed by atoms with Gasteiger partial charge in [-0.2, -0.15) is 0 Å². The SMILES string of the molecule is CN=C(NCCCOCC1CCCO1)NCC(=O)NCc1ccco1.I. The van der Waals surface area contributed by atoms with E-state index < -0.39 is 0 Å². The first-order chi connectivity index (χ1) is 12.3. The highest BCUT2D eigenvalue weighted by Gasteiger charge is 2.14. The van der Waals surface area contributed by atoms with Gasteiger partial charge >= 0.3 is 0 Å². The van der Waals surface area contributed by atoms with E-state index in [9.17, 15) is 4.79 Å². The minimum atomic E-state index is -0.126. The molecule has 9 heteroatoms. The predicted octanol–water partition coefficient (Wildman–Crippen LogP) is 1.26. The fraction of sp³-hybridized carbons (Fsp3) is 0.647. The van der Waals surface area contributed by atoms with Gasteiger partial charge in [0.05, 0.1) is 32.1 Å². The van der Waals surface area contributed by atoms with Crippen molar-refractivity contribution in [1.29, 1.82) is 0 Å². The first-order valence-electron chi connectivity index (χ1n) is 8.71. The number of halogens is 1. The van der Waals surface area contributed by atoms with Crippen molar-refractivity contribution in [1.82, 2.24) is 16.0 Å². The van der Waals surface area contributed by atoms with Crippen LogP contribution in [0.1, 0.15) is 25.0 Å². The summed E-state index contributed by atoms with van der Waals surface area (Å²) in [5.41, 5.74) is 0. The number of ether oxygens (including phenoxy) is 2. The maximum Gasteiger partial charge on any atom is 0.239 e. The molecule has 3 N–H and O–H groups in total. The number of rotatable bonds is 10. The highest BCUT2D eigenvalue weighted by atomic mass is 127. The van der Waals surface area contributed by atoms with Crippen LogP contribution in [0.25, 0.3) is 0 Å². The van der Waals surface area contributed by atoms with Gasteiger partial charge in [-0.15, -0.1) is 24.0 Å². The second-order valence-corrected chi connectivity index (χ2v) is 5.77. The Balaban J connectivity index is 0.00000338. The third-order valence-corrected chi connectivity index (χ3v) is 3.77. The van der Waals surface area contributed by atoms with E-state index >= 15 is 0 Å². The number of hydrogen-bond donors (Lipinski definition) is 3. The maximum absolute atomic E-state index is 11.8. The zero-order valence-corrected chi connectivity index (χ0v) is 17.5. The van der Waals surface area contributed by atoms with E-state index in [2.05, 4.69) is 20.9 Å². The Labute approximate surface area is 171 Å². The molecule has 2 heterocycles. The summed E-state index contributed by atoms with van der Waals surface area (Å²) in [7, 11) is 1.67. The average molecular weight is 480 g/mol. The van der Waals surface area contributed by atoms with Gasteiger partial charge in [0.1, 0.15) is 5.76 Å². The van der Waals surface area contributed by atoms with Crippen molar-refractivity contribution in [3.8, 4) is 0 Å². The molecule has 0 bridgehead atoms. The largest absolute Gasteiger partial charge is 0.467 e. The van der Waals surface area contributed by atoms with Crippen LogP contribution in [-0.2, 0) is 20.8 Å². The number of carbonyl (C=O) groups excluding carboxylic acids is 1. The number of nitrogens with one attached hydrogen (secondary N) is 3. The molecule has 1 aromatic heterocycles. The van der Waals surface area contributed by atoms with Crippen molar-refractivity contribution in [2.75, 3.05) is 40.0 Å². The molecular formula is C17H29IN4O4. The summed E-state index contributed by atoms with van der Waals surface area (Å²) in [6, 6.07) is 3.60. The van der Waals surface area contributed by atoms with Gasteiger partial charge in [0.2, 0.25) is 5.91 Å². The van der Waals surface area contributed by atoms with Crippen LogP contribution in [0.15, 0.2) is 27.8 Å². The first kappa shape index (κ1) is 22.7. The quantitative estimate of drug-likeness (QED) is 0.202. The average Bonchev–Trinajstić information content (AvgIpc) is 3.32. The summed E-state index contributed by atoms with van der Waals surface area (Å²) in [6.45, 7) is 3.44. The lowest BCUT2D eigenvalue weighted by molar-refractivity contribution is -0.120. The molecule has 1 aromatic rings. The maximum atomic E-state index is 11.8. The number of carbonyl (C=O) groups is 1. The van der Waals surface area contributed by atoms with E-state index in [-0.39, 0.29) is 42.5 Å². The minimum absolute atomic E-state index is 0. The molecule has 1 unspecified atom stereocenters. The summed E-state index contributed by atoms with van der Waals surface area (Å²) in [5, 5.41) is 8.89. The summed E-state index contributed by atoms with van der Waals surface area (Å²) in [6.07, 6.45) is 4.93. The fourth-order valence-corrected chi connectivity index (χ4v) is 2.42. The van der Waals surface area contributed by atoms with Gasteiger partial charge in [-0.1, -0.05) is 0 Å². The van der Waals surface area contributed by atoms with Gasteiger partial charge < -0.3 is 29.8 Å². The minimum Gasteiger partial charge on any atom is -0.467 e. The van der Waals surface area contributed by atoms with Crippen LogP contribution in [0.5, 0.6) is 0 Å². The third kappa shape index (κ3) is 9.39. The normalized spacial score (nSPS) is 16.8. The van der Waals surface area contributed by atoms with Crippen molar-refractivity contribution in [3.05, 3.63) is 24.2 Å². The van der Waals surface area contributed by atoms with Gasteiger partial charge in [0, 0.05) is 26.8 Å². The number of aliphatic imine (C=N–C) groups is 1. The van der Waals surface area contributed by atoms with Crippen LogP contribution in [0, 0.1) is 0 Å². The molecule has 0 spiro atoms. The van der Waals surface area contributed by atoms with Gasteiger partial charge in [0.25, 0.3) is 0 Å².